The molecule has 0 aliphatic heterocycles. The van der Waals surface area contributed by atoms with E-state index in [9.17, 15) is 4.39 Å². The molecule has 1 aromatic carbocycles. The standard InChI is InChI=1S/C18H26FN3/c1-13(18(20)12-15-6-4-3-5-7-15)14(2)21-22-17-10-8-16(19)9-11-17/h8-11,15,22H,3-7,12,20H2,1-2H3. The number of benzene rings is 1. The van der Waals surface area contributed by atoms with Gasteiger partial charge in [0.15, 0.2) is 0 Å². The first kappa shape index (κ1) is 16.5. The molecule has 22 heavy (non-hydrogen) atoms. The van der Waals surface area contributed by atoms with Gasteiger partial charge in [0.05, 0.1) is 11.4 Å². The highest BCUT2D eigenvalue weighted by atomic mass is 19.1. The van der Waals surface area contributed by atoms with Crippen molar-refractivity contribution in [3.8, 4) is 0 Å². The highest BCUT2D eigenvalue weighted by Gasteiger charge is 2.15. The van der Waals surface area contributed by atoms with Gasteiger partial charge < -0.3 is 5.73 Å². The van der Waals surface area contributed by atoms with Crippen LogP contribution in [0.2, 0.25) is 0 Å². The molecule has 1 fully saturated rings. The maximum atomic E-state index is 12.9. The Kier molecular flexibility index (Phi) is 5.99. The van der Waals surface area contributed by atoms with Gasteiger partial charge in [0.1, 0.15) is 5.82 Å². The second-order valence-corrected chi connectivity index (χ2v) is 6.17. The molecule has 0 atom stereocenters. The van der Waals surface area contributed by atoms with Crippen LogP contribution in [0.15, 0.2) is 40.6 Å². The van der Waals surface area contributed by atoms with E-state index in [1.165, 1.54) is 44.2 Å². The third-order valence-electron chi connectivity index (χ3n) is 4.45. The van der Waals surface area contributed by atoms with Gasteiger partial charge in [0.25, 0.3) is 0 Å². The molecule has 120 valence electrons. The second kappa shape index (κ2) is 7.97. The van der Waals surface area contributed by atoms with Gasteiger partial charge >= 0.3 is 0 Å². The summed E-state index contributed by atoms with van der Waals surface area (Å²) >= 11 is 0. The summed E-state index contributed by atoms with van der Waals surface area (Å²) in [5, 5.41) is 4.34. The topological polar surface area (TPSA) is 50.4 Å². The Morgan fingerprint density at radius 3 is 2.45 bits per heavy atom. The summed E-state index contributed by atoms with van der Waals surface area (Å²) in [6.45, 7) is 3.96. The smallest absolute Gasteiger partial charge is 0.123 e. The van der Waals surface area contributed by atoms with Gasteiger partial charge in [-0.1, -0.05) is 32.1 Å². The average molecular weight is 303 g/mol. The van der Waals surface area contributed by atoms with Crippen LogP contribution in [0.5, 0.6) is 0 Å². The summed E-state index contributed by atoms with van der Waals surface area (Å²) in [6.07, 6.45) is 7.57. The van der Waals surface area contributed by atoms with Crippen molar-refractivity contribution in [3.63, 3.8) is 0 Å². The Balaban J connectivity index is 1.96. The van der Waals surface area contributed by atoms with Crippen molar-refractivity contribution >= 4 is 11.4 Å². The van der Waals surface area contributed by atoms with Crippen LogP contribution in [0.1, 0.15) is 52.4 Å². The Labute approximate surface area is 132 Å². The van der Waals surface area contributed by atoms with Crippen molar-refractivity contribution in [2.45, 2.75) is 52.4 Å². The highest BCUT2D eigenvalue weighted by Crippen LogP contribution is 2.28. The molecule has 0 saturated heterocycles. The van der Waals surface area contributed by atoms with E-state index in [1.807, 2.05) is 13.8 Å². The zero-order valence-corrected chi connectivity index (χ0v) is 13.5. The van der Waals surface area contributed by atoms with E-state index in [-0.39, 0.29) is 5.82 Å². The second-order valence-electron chi connectivity index (χ2n) is 6.17. The monoisotopic (exact) mass is 303 g/mol. The Bertz CT molecular complexity index is 540. The average Bonchev–Trinajstić information content (AvgIpc) is 2.54. The van der Waals surface area contributed by atoms with Gasteiger partial charge in [-0.25, -0.2) is 4.39 Å². The molecule has 1 aliphatic rings. The minimum atomic E-state index is -0.251. The van der Waals surface area contributed by atoms with Crippen LogP contribution in [0.4, 0.5) is 10.1 Å². The molecule has 0 aromatic heterocycles. The first-order valence-electron chi connectivity index (χ1n) is 8.07. The lowest BCUT2D eigenvalue weighted by Gasteiger charge is -2.22. The number of nitrogens with zero attached hydrogens (tertiary/aromatic N) is 1. The van der Waals surface area contributed by atoms with Crippen molar-refractivity contribution in [3.05, 3.63) is 41.4 Å². The summed E-state index contributed by atoms with van der Waals surface area (Å²) in [6, 6.07) is 6.15. The third kappa shape index (κ3) is 4.86. The lowest BCUT2D eigenvalue weighted by Crippen LogP contribution is -2.14. The number of rotatable bonds is 5. The van der Waals surface area contributed by atoms with Crippen molar-refractivity contribution in [1.29, 1.82) is 0 Å². The fourth-order valence-corrected chi connectivity index (χ4v) is 2.84. The molecule has 0 heterocycles. The van der Waals surface area contributed by atoms with Crippen LogP contribution >= 0.6 is 0 Å². The predicted molar refractivity (Wildman–Crippen MR) is 91.2 cm³/mol. The van der Waals surface area contributed by atoms with Gasteiger partial charge in [0, 0.05) is 5.70 Å². The van der Waals surface area contributed by atoms with Gasteiger partial charge in [-0.05, 0) is 56.0 Å². The molecule has 3 N–H and O–H groups in total. The molecule has 0 spiro atoms. The molecule has 0 amide bonds. The number of nitrogens with two attached hydrogens (primary N) is 1. The molecule has 1 aliphatic carbocycles. The zero-order chi connectivity index (χ0) is 15.9. The number of anilines is 1. The summed E-state index contributed by atoms with van der Waals surface area (Å²) in [5.41, 5.74) is 12.8. The molecule has 0 radical (unpaired) electrons. The van der Waals surface area contributed by atoms with E-state index in [2.05, 4.69) is 10.5 Å². The zero-order valence-electron chi connectivity index (χ0n) is 13.5. The molecule has 3 nitrogen and oxygen atoms in total. The first-order chi connectivity index (χ1) is 10.6. The Morgan fingerprint density at radius 1 is 1.18 bits per heavy atom. The van der Waals surface area contributed by atoms with Crippen molar-refractivity contribution in [2.75, 3.05) is 5.43 Å². The summed E-state index contributed by atoms with van der Waals surface area (Å²) in [5.74, 6) is 0.473. The maximum Gasteiger partial charge on any atom is 0.123 e. The van der Waals surface area contributed by atoms with Gasteiger partial charge in [-0.2, -0.15) is 5.10 Å². The number of nitrogens with one attached hydrogen (secondary N) is 1. The third-order valence-corrected chi connectivity index (χ3v) is 4.45. The van der Waals surface area contributed by atoms with E-state index < -0.39 is 0 Å². The SMILES string of the molecule is CC(=NNc1ccc(F)cc1)C(C)=C(N)CC1CCCCC1. The lowest BCUT2D eigenvalue weighted by molar-refractivity contribution is 0.355. The fraction of sp³-hybridized carbons (Fsp3) is 0.500. The number of allylic oxidation sites excluding steroid dienone is 2. The first-order valence-corrected chi connectivity index (χ1v) is 8.07. The van der Waals surface area contributed by atoms with Crippen molar-refractivity contribution in [2.24, 2.45) is 16.8 Å². The number of hydrogen-bond donors (Lipinski definition) is 2. The van der Waals surface area contributed by atoms with Gasteiger partial charge in [0.2, 0.25) is 0 Å². The van der Waals surface area contributed by atoms with E-state index in [0.717, 1.165) is 35.0 Å². The van der Waals surface area contributed by atoms with Crippen LogP contribution in [0.25, 0.3) is 0 Å². The van der Waals surface area contributed by atoms with E-state index in [4.69, 9.17) is 5.73 Å². The Hall–Kier alpha value is -1.84. The minimum absolute atomic E-state index is 0.251. The summed E-state index contributed by atoms with van der Waals surface area (Å²) < 4.78 is 12.9. The highest BCUT2D eigenvalue weighted by molar-refractivity contribution is 5.98. The number of hydrazone groups is 1. The van der Waals surface area contributed by atoms with Crippen LogP contribution in [0, 0.1) is 11.7 Å². The van der Waals surface area contributed by atoms with Crippen LogP contribution in [-0.2, 0) is 0 Å². The summed E-state index contributed by atoms with van der Waals surface area (Å²) in [7, 11) is 0. The van der Waals surface area contributed by atoms with E-state index >= 15 is 0 Å². The van der Waals surface area contributed by atoms with Gasteiger partial charge in [-0.15, -0.1) is 0 Å². The molecule has 0 bridgehead atoms. The van der Waals surface area contributed by atoms with Crippen LogP contribution in [-0.4, -0.2) is 5.71 Å². The maximum absolute atomic E-state index is 12.9. The Morgan fingerprint density at radius 2 is 1.82 bits per heavy atom. The fourth-order valence-electron chi connectivity index (χ4n) is 2.84. The molecule has 1 saturated carbocycles. The quantitative estimate of drug-likeness (QED) is 0.605. The van der Waals surface area contributed by atoms with Crippen LogP contribution in [0.3, 0.4) is 0 Å². The molecule has 1 aromatic rings. The normalized spacial score (nSPS) is 18.0. The lowest BCUT2D eigenvalue weighted by atomic mass is 9.85. The van der Waals surface area contributed by atoms with Crippen molar-refractivity contribution < 1.29 is 4.39 Å². The van der Waals surface area contributed by atoms with E-state index in [1.54, 1.807) is 12.1 Å². The molecule has 0 unspecified atom stereocenters. The summed E-state index contributed by atoms with van der Waals surface area (Å²) in [4.78, 5) is 0. The number of halogens is 1. The van der Waals surface area contributed by atoms with Crippen LogP contribution < -0.4 is 11.2 Å². The minimum Gasteiger partial charge on any atom is -0.402 e. The largest absolute Gasteiger partial charge is 0.402 e. The molecule has 4 heteroatoms. The molecular formula is C18H26FN3. The van der Waals surface area contributed by atoms with E-state index in [0.29, 0.717) is 0 Å². The molecular weight excluding hydrogens is 277 g/mol. The predicted octanol–water partition coefficient (Wildman–Crippen LogP) is 4.82. The van der Waals surface area contributed by atoms with Gasteiger partial charge in [-0.3, -0.25) is 5.43 Å². The molecule has 2 rings (SSSR count). The number of hydrogen-bond acceptors (Lipinski definition) is 3. The van der Waals surface area contributed by atoms with Crippen molar-refractivity contribution in [1.82, 2.24) is 0 Å².